The van der Waals surface area contributed by atoms with Gasteiger partial charge in [-0.3, -0.25) is 14.3 Å². The maximum absolute atomic E-state index is 12.9. The molecule has 7 nitrogen and oxygen atoms in total. The van der Waals surface area contributed by atoms with E-state index in [2.05, 4.69) is 5.10 Å². The van der Waals surface area contributed by atoms with Crippen LogP contribution in [0, 0.1) is 12.8 Å². The predicted octanol–water partition coefficient (Wildman–Crippen LogP) is 2.40. The van der Waals surface area contributed by atoms with Gasteiger partial charge >= 0.3 is 5.97 Å². The van der Waals surface area contributed by atoms with Crippen LogP contribution < -0.4 is 0 Å². The SMILES string of the molecule is CCOC(=O)C1CCCN(C(=O)c2cc(-c3ccc(C)o3)nn2C)C1. The highest BCUT2D eigenvalue weighted by Crippen LogP contribution is 2.24. The van der Waals surface area contributed by atoms with Gasteiger partial charge in [0, 0.05) is 26.2 Å². The molecular formula is C18H23N3O4. The van der Waals surface area contributed by atoms with Gasteiger partial charge in [0.2, 0.25) is 0 Å². The molecule has 1 fully saturated rings. The first-order valence-electron chi connectivity index (χ1n) is 8.56. The van der Waals surface area contributed by atoms with E-state index in [-0.39, 0.29) is 17.8 Å². The number of aryl methyl sites for hydroxylation is 2. The Kier molecular flexibility index (Phi) is 4.92. The minimum Gasteiger partial charge on any atom is -0.466 e. The van der Waals surface area contributed by atoms with Crippen LogP contribution in [0.3, 0.4) is 0 Å². The lowest BCUT2D eigenvalue weighted by Gasteiger charge is -2.31. The standard InChI is InChI=1S/C18H23N3O4/c1-4-24-18(23)13-6-5-9-21(11-13)17(22)15-10-14(19-20(15)3)16-8-7-12(2)25-16/h7-8,10,13H,4-6,9,11H2,1-3H3. The van der Waals surface area contributed by atoms with Crippen LogP contribution >= 0.6 is 0 Å². The molecule has 0 aromatic carbocycles. The summed E-state index contributed by atoms with van der Waals surface area (Å²) in [6.07, 6.45) is 1.54. The van der Waals surface area contributed by atoms with Crippen LogP contribution in [0.15, 0.2) is 22.6 Å². The molecule has 25 heavy (non-hydrogen) atoms. The van der Waals surface area contributed by atoms with Crippen molar-refractivity contribution in [3.8, 4) is 11.5 Å². The summed E-state index contributed by atoms with van der Waals surface area (Å²) in [5.41, 5.74) is 1.10. The summed E-state index contributed by atoms with van der Waals surface area (Å²) in [6, 6.07) is 5.43. The lowest BCUT2D eigenvalue weighted by molar-refractivity contribution is -0.149. The predicted molar refractivity (Wildman–Crippen MR) is 90.9 cm³/mol. The van der Waals surface area contributed by atoms with Crippen molar-refractivity contribution in [2.75, 3.05) is 19.7 Å². The van der Waals surface area contributed by atoms with E-state index in [0.717, 1.165) is 18.6 Å². The average Bonchev–Trinajstić information content (AvgIpc) is 3.20. The summed E-state index contributed by atoms with van der Waals surface area (Å²) >= 11 is 0. The number of piperidine rings is 1. The van der Waals surface area contributed by atoms with Crippen molar-refractivity contribution >= 4 is 11.9 Å². The Morgan fingerprint density at radius 1 is 1.40 bits per heavy atom. The number of amides is 1. The summed E-state index contributed by atoms with van der Waals surface area (Å²) in [5.74, 6) is 0.824. The van der Waals surface area contributed by atoms with Gasteiger partial charge in [-0.05, 0) is 38.8 Å². The lowest BCUT2D eigenvalue weighted by atomic mass is 9.98. The first-order chi connectivity index (χ1) is 12.0. The zero-order valence-electron chi connectivity index (χ0n) is 14.8. The van der Waals surface area contributed by atoms with Gasteiger partial charge in [0.25, 0.3) is 5.91 Å². The number of esters is 1. The van der Waals surface area contributed by atoms with Gasteiger partial charge in [-0.25, -0.2) is 0 Å². The normalized spacial score (nSPS) is 17.6. The molecule has 134 valence electrons. The van der Waals surface area contributed by atoms with E-state index in [9.17, 15) is 9.59 Å². The summed E-state index contributed by atoms with van der Waals surface area (Å²) in [7, 11) is 1.74. The van der Waals surface area contributed by atoms with Crippen molar-refractivity contribution in [1.29, 1.82) is 0 Å². The van der Waals surface area contributed by atoms with E-state index in [1.165, 1.54) is 0 Å². The topological polar surface area (TPSA) is 77.6 Å². The molecule has 7 heteroatoms. The molecule has 0 aliphatic carbocycles. The zero-order chi connectivity index (χ0) is 18.0. The van der Waals surface area contributed by atoms with E-state index in [1.807, 2.05) is 19.1 Å². The Morgan fingerprint density at radius 3 is 2.88 bits per heavy atom. The Labute approximate surface area is 146 Å². The van der Waals surface area contributed by atoms with Crippen molar-refractivity contribution in [3.05, 3.63) is 29.7 Å². The lowest BCUT2D eigenvalue weighted by Crippen LogP contribution is -2.43. The van der Waals surface area contributed by atoms with E-state index in [1.54, 1.807) is 29.6 Å². The molecule has 0 N–H and O–H groups in total. The smallest absolute Gasteiger partial charge is 0.310 e. The average molecular weight is 345 g/mol. The fraction of sp³-hybridized carbons (Fsp3) is 0.500. The molecule has 1 atom stereocenters. The van der Waals surface area contributed by atoms with Gasteiger partial charge in [0.1, 0.15) is 17.1 Å². The summed E-state index contributed by atoms with van der Waals surface area (Å²) in [4.78, 5) is 26.6. The number of aromatic nitrogens is 2. The third kappa shape index (κ3) is 3.60. The van der Waals surface area contributed by atoms with Gasteiger partial charge in [-0.2, -0.15) is 5.10 Å². The minimum absolute atomic E-state index is 0.126. The van der Waals surface area contributed by atoms with E-state index < -0.39 is 0 Å². The van der Waals surface area contributed by atoms with Crippen molar-refractivity contribution < 1.29 is 18.7 Å². The van der Waals surface area contributed by atoms with Crippen molar-refractivity contribution in [3.63, 3.8) is 0 Å². The third-order valence-electron chi connectivity index (χ3n) is 4.42. The number of hydrogen-bond donors (Lipinski definition) is 0. The van der Waals surface area contributed by atoms with Gasteiger partial charge in [-0.1, -0.05) is 0 Å². The van der Waals surface area contributed by atoms with Crippen molar-refractivity contribution in [1.82, 2.24) is 14.7 Å². The Bertz CT molecular complexity index is 777. The van der Waals surface area contributed by atoms with Crippen LogP contribution in [-0.2, 0) is 16.6 Å². The first kappa shape index (κ1) is 17.3. The quantitative estimate of drug-likeness (QED) is 0.795. The number of carbonyl (C=O) groups excluding carboxylic acids is 2. The molecule has 1 unspecified atom stereocenters. The maximum atomic E-state index is 12.9. The highest BCUT2D eigenvalue weighted by atomic mass is 16.5. The van der Waals surface area contributed by atoms with Gasteiger partial charge in [0.15, 0.2) is 5.76 Å². The fourth-order valence-electron chi connectivity index (χ4n) is 3.14. The highest BCUT2D eigenvalue weighted by Gasteiger charge is 2.31. The second-order valence-electron chi connectivity index (χ2n) is 6.29. The summed E-state index contributed by atoms with van der Waals surface area (Å²) in [5, 5.41) is 4.38. The number of furan rings is 1. The van der Waals surface area contributed by atoms with Crippen LogP contribution in [0.2, 0.25) is 0 Å². The molecule has 3 heterocycles. The molecular weight excluding hydrogens is 322 g/mol. The highest BCUT2D eigenvalue weighted by molar-refractivity contribution is 5.94. The number of likely N-dealkylation sites (tertiary alicyclic amines) is 1. The number of rotatable bonds is 4. The molecule has 2 aromatic rings. The molecule has 1 aliphatic rings. The summed E-state index contributed by atoms with van der Waals surface area (Å²) in [6.45, 7) is 5.03. The van der Waals surface area contributed by atoms with E-state index in [0.29, 0.717) is 36.8 Å². The molecule has 0 bridgehead atoms. The number of ether oxygens (including phenoxy) is 1. The first-order valence-corrected chi connectivity index (χ1v) is 8.56. The summed E-state index contributed by atoms with van der Waals surface area (Å²) < 4.78 is 12.2. The zero-order valence-corrected chi connectivity index (χ0v) is 14.8. The minimum atomic E-state index is -0.252. The van der Waals surface area contributed by atoms with Gasteiger partial charge < -0.3 is 14.1 Å². The fourth-order valence-corrected chi connectivity index (χ4v) is 3.14. The van der Waals surface area contributed by atoms with E-state index in [4.69, 9.17) is 9.15 Å². The third-order valence-corrected chi connectivity index (χ3v) is 4.42. The maximum Gasteiger partial charge on any atom is 0.310 e. The van der Waals surface area contributed by atoms with Crippen molar-refractivity contribution in [2.24, 2.45) is 13.0 Å². The molecule has 1 saturated heterocycles. The van der Waals surface area contributed by atoms with Crippen LogP contribution in [0.5, 0.6) is 0 Å². The van der Waals surface area contributed by atoms with Crippen LogP contribution in [0.4, 0.5) is 0 Å². The Morgan fingerprint density at radius 2 is 2.20 bits per heavy atom. The van der Waals surface area contributed by atoms with Crippen LogP contribution in [-0.4, -0.2) is 46.3 Å². The molecule has 2 aromatic heterocycles. The van der Waals surface area contributed by atoms with Gasteiger partial charge in [-0.15, -0.1) is 0 Å². The Balaban J connectivity index is 1.76. The van der Waals surface area contributed by atoms with Crippen LogP contribution in [0.25, 0.3) is 11.5 Å². The largest absolute Gasteiger partial charge is 0.466 e. The van der Waals surface area contributed by atoms with E-state index >= 15 is 0 Å². The molecule has 1 aliphatic heterocycles. The number of hydrogen-bond acceptors (Lipinski definition) is 5. The molecule has 0 spiro atoms. The molecule has 3 rings (SSSR count). The van der Waals surface area contributed by atoms with Crippen LogP contribution in [0.1, 0.15) is 36.0 Å². The van der Waals surface area contributed by atoms with Crippen molar-refractivity contribution in [2.45, 2.75) is 26.7 Å². The second-order valence-corrected chi connectivity index (χ2v) is 6.29. The Hall–Kier alpha value is -2.57. The number of carbonyl (C=O) groups is 2. The molecule has 0 radical (unpaired) electrons. The molecule has 0 saturated carbocycles. The van der Waals surface area contributed by atoms with Gasteiger partial charge in [0.05, 0.1) is 12.5 Å². The number of nitrogens with zero attached hydrogens (tertiary/aromatic N) is 3. The molecule has 1 amide bonds. The monoisotopic (exact) mass is 345 g/mol. The second kappa shape index (κ2) is 7.13.